The molecule has 0 spiro atoms. The van der Waals surface area contributed by atoms with Crippen LogP contribution in [0.4, 0.5) is 5.69 Å². The van der Waals surface area contributed by atoms with E-state index in [1.807, 2.05) is 6.07 Å². The Hall–Kier alpha value is -2.11. The van der Waals surface area contributed by atoms with E-state index in [2.05, 4.69) is 0 Å². The van der Waals surface area contributed by atoms with Crippen molar-refractivity contribution in [2.45, 2.75) is 4.90 Å². The Morgan fingerprint density at radius 2 is 1.64 bits per heavy atom. The number of carbonyl (C=O) groups excluding carboxylic acids is 1. The van der Waals surface area contributed by atoms with Crippen LogP contribution in [-0.4, -0.2) is 20.7 Å². The average Bonchev–Trinajstić information content (AvgIpc) is 2.53. The maximum absolute atomic E-state index is 12.5. The lowest BCUT2D eigenvalue weighted by molar-refractivity contribution is -0.107. The third-order valence-corrected chi connectivity index (χ3v) is 4.99. The SMILES string of the molecule is CN(c1ccccc1)S(=O)(=O)c1ccc(C=CC(=O)Cl)cc1. The summed E-state index contributed by atoms with van der Waals surface area (Å²) in [7, 11) is -2.12. The summed E-state index contributed by atoms with van der Waals surface area (Å²) in [5.74, 6) is 0. The van der Waals surface area contributed by atoms with Gasteiger partial charge in [0.2, 0.25) is 5.24 Å². The third-order valence-electron chi connectivity index (χ3n) is 3.07. The van der Waals surface area contributed by atoms with Crippen molar-refractivity contribution in [3.8, 4) is 0 Å². The van der Waals surface area contributed by atoms with E-state index in [1.54, 1.807) is 36.4 Å². The zero-order valence-electron chi connectivity index (χ0n) is 11.8. The predicted molar refractivity (Wildman–Crippen MR) is 88.4 cm³/mol. The molecule has 0 aliphatic carbocycles. The molecule has 0 radical (unpaired) electrons. The average molecular weight is 336 g/mol. The number of nitrogens with zero attached hydrogens (tertiary/aromatic N) is 1. The highest BCUT2D eigenvalue weighted by Gasteiger charge is 2.20. The van der Waals surface area contributed by atoms with Crippen LogP contribution in [0.2, 0.25) is 0 Å². The summed E-state index contributed by atoms with van der Waals surface area (Å²) in [6.45, 7) is 0. The van der Waals surface area contributed by atoms with Crippen molar-refractivity contribution in [3.63, 3.8) is 0 Å². The summed E-state index contributed by atoms with van der Waals surface area (Å²) in [5, 5.41) is -0.583. The molecule has 0 bridgehead atoms. The number of allylic oxidation sites excluding steroid dienone is 1. The second-order valence-corrected chi connectivity index (χ2v) is 6.86. The number of halogens is 1. The first kappa shape index (κ1) is 16.3. The van der Waals surface area contributed by atoms with Crippen molar-refractivity contribution < 1.29 is 13.2 Å². The fraction of sp³-hybridized carbons (Fsp3) is 0.0625. The second kappa shape index (κ2) is 6.77. The minimum Gasteiger partial charge on any atom is -0.276 e. The van der Waals surface area contributed by atoms with E-state index in [4.69, 9.17) is 11.6 Å². The molecule has 0 aromatic heterocycles. The van der Waals surface area contributed by atoms with E-state index >= 15 is 0 Å². The van der Waals surface area contributed by atoms with Gasteiger partial charge in [-0.25, -0.2) is 8.42 Å². The van der Waals surface area contributed by atoms with Gasteiger partial charge in [-0.15, -0.1) is 0 Å². The number of hydrogen-bond acceptors (Lipinski definition) is 3. The third kappa shape index (κ3) is 3.75. The maximum atomic E-state index is 12.5. The molecular formula is C16H14ClNO3S. The molecule has 2 aromatic rings. The molecule has 0 saturated carbocycles. The molecule has 0 fully saturated rings. The largest absolute Gasteiger partial charge is 0.276 e. The molecule has 0 saturated heterocycles. The Bertz CT molecular complexity index is 784. The molecule has 22 heavy (non-hydrogen) atoms. The lowest BCUT2D eigenvalue weighted by Crippen LogP contribution is -2.26. The number of hydrogen-bond donors (Lipinski definition) is 0. The molecule has 6 heteroatoms. The molecule has 0 N–H and O–H groups in total. The van der Waals surface area contributed by atoms with Crippen molar-refractivity contribution >= 4 is 38.6 Å². The lowest BCUT2D eigenvalue weighted by atomic mass is 10.2. The smallest absolute Gasteiger partial charge is 0.264 e. The predicted octanol–water partition coefficient (Wildman–Crippen LogP) is 3.29. The zero-order valence-corrected chi connectivity index (χ0v) is 13.4. The Morgan fingerprint density at radius 1 is 1.05 bits per heavy atom. The van der Waals surface area contributed by atoms with Gasteiger partial charge in [0, 0.05) is 7.05 Å². The van der Waals surface area contributed by atoms with E-state index in [9.17, 15) is 13.2 Å². The van der Waals surface area contributed by atoms with Gasteiger partial charge in [0.15, 0.2) is 0 Å². The molecule has 0 aliphatic heterocycles. The fourth-order valence-electron chi connectivity index (χ4n) is 1.85. The van der Waals surface area contributed by atoms with Gasteiger partial charge in [-0.3, -0.25) is 9.10 Å². The van der Waals surface area contributed by atoms with Gasteiger partial charge in [-0.2, -0.15) is 0 Å². The molecule has 4 nitrogen and oxygen atoms in total. The van der Waals surface area contributed by atoms with Crippen molar-refractivity contribution in [2.24, 2.45) is 0 Å². The molecule has 0 atom stereocenters. The number of sulfonamides is 1. The molecule has 0 aliphatic rings. The topological polar surface area (TPSA) is 54.5 Å². The molecule has 0 amide bonds. The standard InChI is InChI=1S/C16H14ClNO3S/c1-18(14-5-3-2-4-6-14)22(20,21)15-10-7-13(8-11-15)9-12-16(17)19/h2-12H,1H3. The Kier molecular flexibility index (Phi) is 5.00. The molecular weight excluding hydrogens is 322 g/mol. The van der Waals surface area contributed by atoms with E-state index < -0.39 is 15.3 Å². The summed E-state index contributed by atoms with van der Waals surface area (Å²) >= 11 is 5.21. The maximum Gasteiger partial charge on any atom is 0.264 e. The summed E-state index contributed by atoms with van der Waals surface area (Å²) in [5.41, 5.74) is 1.27. The number of anilines is 1. The summed E-state index contributed by atoms with van der Waals surface area (Å²) in [4.78, 5) is 10.8. The number of para-hydroxylation sites is 1. The summed E-state index contributed by atoms with van der Waals surface area (Å²) < 4.78 is 26.3. The molecule has 2 rings (SSSR count). The Balaban J connectivity index is 2.28. The highest BCUT2D eigenvalue weighted by atomic mass is 35.5. The van der Waals surface area contributed by atoms with Gasteiger partial charge in [0.1, 0.15) is 0 Å². The normalized spacial score (nSPS) is 11.5. The molecule has 2 aromatic carbocycles. The monoisotopic (exact) mass is 335 g/mol. The van der Waals surface area contributed by atoms with Crippen LogP contribution in [0.1, 0.15) is 5.56 Å². The highest BCUT2D eigenvalue weighted by molar-refractivity contribution is 7.92. The van der Waals surface area contributed by atoms with E-state index in [0.29, 0.717) is 11.3 Å². The highest BCUT2D eigenvalue weighted by Crippen LogP contribution is 2.22. The van der Waals surface area contributed by atoms with Gasteiger partial charge < -0.3 is 0 Å². The first-order valence-corrected chi connectivity index (χ1v) is 8.24. The van der Waals surface area contributed by atoms with Crippen LogP contribution in [0.3, 0.4) is 0 Å². The van der Waals surface area contributed by atoms with Crippen LogP contribution in [0.5, 0.6) is 0 Å². The summed E-state index contributed by atoms with van der Waals surface area (Å²) in [6.07, 6.45) is 2.73. The Labute approximate surface area is 134 Å². The fourth-order valence-corrected chi connectivity index (χ4v) is 3.11. The van der Waals surface area contributed by atoms with Crippen molar-refractivity contribution in [2.75, 3.05) is 11.4 Å². The van der Waals surface area contributed by atoms with Crippen molar-refractivity contribution in [3.05, 3.63) is 66.2 Å². The van der Waals surface area contributed by atoms with Crippen LogP contribution in [0, 0.1) is 0 Å². The quantitative estimate of drug-likeness (QED) is 0.622. The first-order valence-electron chi connectivity index (χ1n) is 6.43. The van der Waals surface area contributed by atoms with E-state index in [0.717, 1.165) is 0 Å². The minimum absolute atomic E-state index is 0.174. The van der Waals surface area contributed by atoms with Crippen LogP contribution >= 0.6 is 11.6 Å². The second-order valence-electron chi connectivity index (χ2n) is 4.51. The van der Waals surface area contributed by atoms with Crippen LogP contribution < -0.4 is 4.31 Å². The van der Waals surface area contributed by atoms with E-state index in [1.165, 1.54) is 35.6 Å². The van der Waals surface area contributed by atoms with Crippen molar-refractivity contribution in [1.29, 1.82) is 0 Å². The molecule has 114 valence electrons. The van der Waals surface area contributed by atoms with Gasteiger partial charge in [0.05, 0.1) is 10.6 Å². The zero-order chi connectivity index (χ0) is 16.2. The van der Waals surface area contributed by atoms with Gasteiger partial charge in [-0.1, -0.05) is 36.4 Å². The number of benzene rings is 2. The number of rotatable bonds is 5. The van der Waals surface area contributed by atoms with Gasteiger partial charge in [0.25, 0.3) is 10.0 Å². The lowest BCUT2D eigenvalue weighted by Gasteiger charge is -2.19. The van der Waals surface area contributed by atoms with Crippen LogP contribution in [0.25, 0.3) is 6.08 Å². The molecule has 0 unspecified atom stereocenters. The summed E-state index contributed by atoms with van der Waals surface area (Å²) in [6, 6.07) is 15.0. The Morgan fingerprint density at radius 3 is 2.18 bits per heavy atom. The van der Waals surface area contributed by atoms with Crippen molar-refractivity contribution in [1.82, 2.24) is 0 Å². The van der Waals surface area contributed by atoms with Gasteiger partial charge >= 0.3 is 0 Å². The van der Waals surface area contributed by atoms with Crippen LogP contribution in [-0.2, 0) is 14.8 Å². The minimum atomic E-state index is -3.62. The number of carbonyl (C=O) groups is 1. The molecule has 0 heterocycles. The first-order chi connectivity index (χ1) is 10.4. The van der Waals surface area contributed by atoms with E-state index in [-0.39, 0.29) is 4.90 Å². The van der Waals surface area contributed by atoms with Gasteiger partial charge in [-0.05, 0) is 47.5 Å². The van der Waals surface area contributed by atoms with Crippen LogP contribution in [0.15, 0.2) is 65.6 Å².